The summed E-state index contributed by atoms with van der Waals surface area (Å²) in [6.07, 6.45) is 0. The van der Waals surface area contributed by atoms with Crippen molar-refractivity contribution in [3.05, 3.63) is 24.3 Å². The Morgan fingerprint density at radius 3 is 2.58 bits per heavy atom. The normalized spacial score (nSPS) is 20.0. The van der Waals surface area contributed by atoms with Gasteiger partial charge in [-0.3, -0.25) is 9.69 Å². The molecule has 2 aliphatic rings. The maximum Gasteiger partial charge on any atom is 0.324 e. The molecule has 24 heavy (non-hydrogen) atoms. The maximum absolute atomic E-state index is 12.5. The molecule has 0 aliphatic carbocycles. The Morgan fingerprint density at radius 2 is 1.96 bits per heavy atom. The molecule has 3 rings (SSSR count). The van der Waals surface area contributed by atoms with E-state index in [0.717, 1.165) is 37.6 Å². The van der Waals surface area contributed by atoms with Crippen LogP contribution >= 0.6 is 0 Å². The van der Waals surface area contributed by atoms with E-state index in [1.807, 2.05) is 25.1 Å². The van der Waals surface area contributed by atoms with Crippen LogP contribution in [-0.2, 0) is 4.79 Å². The number of methoxy groups -OCH3 is 1. The van der Waals surface area contributed by atoms with Crippen LogP contribution in [0.2, 0.25) is 0 Å². The number of hydrogen-bond acceptors (Lipinski definition) is 4. The number of nitrogens with one attached hydrogen (secondary N) is 2. The van der Waals surface area contributed by atoms with Gasteiger partial charge in [-0.05, 0) is 19.1 Å². The lowest BCUT2D eigenvalue weighted by atomic mass is 10.2. The first-order chi connectivity index (χ1) is 11.6. The molecule has 0 aromatic heterocycles. The van der Waals surface area contributed by atoms with Gasteiger partial charge in [0.15, 0.2) is 6.04 Å². The third-order valence-electron chi connectivity index (χ3n) is 4.94. The Bertz CT molecular complexity index is 614. The predicted molar refractivity (Wildman–Crippen MR) is 90.5 cm³/mol. The van der Waals surface area contributed by atoms with Crippen LogP contribution in [0, 0.1) is 0 Å². The van der Waals surface area contributed by atoms with Gasteiger partial charge in [0, 0.05) is 13.1 Å². The lowest BCUT2D eigenvalue weighted by Crippen LogP contribution is -3.19. The van der Waals surface area contributed by atoms with Crippen molar-refractivity contribution < 1.29 is 19.2 Å². The molecule has 2 heterocycles. The number of ether oxygens (including phenoxy) is 1. The number of anilines is 1. The molecule has 0 saturated carbocycles. The van der Waals surface area contributed by atoms with Gasteiger partial charge in [-0.15, -0.1) is 0 Å². The number of benzene rings is 1. The summed E-state index contributed by atoms with van der Waals surface area (Å²) in [6, 6.07) is 7.54. The molecule has 2 aliphatic heterocycles. The van der Waals surface area contributed by atoms with Gasteiger partial charge in [0.2, 0.25) is 0 Å². The molecule has 1 atom stereocenters. The highest BCUT2D eigenvalue weighted by atomic mass is 16.5. The fourth-order valence-electron chi connectivity index (χ4n) is 3.45. The molecule has 0 spiro atoms. The smallest absolute Gasteiger partial charge is 0.324 e. The highest BCUT2D eigenvalue weighted by Crippen LogP contribution is 2.27. The summed E-state index contributed by atoms with van der Waals surface area (Å²) in [5.74, 6) is 0.796. The molecule has 130 valence electrons. The van der Waals surface area contributed by atoms with Crippen LogP contribution in [0.3, 0.4) is 0 Å². The zero-order valence-corrected chi connectivity index (χ0v) is 14.2. The van der Waals surface area contributed by atoms with E-state index < -0.39 is 0 Å². The van der Waals surface area contributed by atoms with Crippen molar-refractivity contribution in [2.75, 3.05) is 51.3 Å². The molecule has 1 aromatic carbocycles. The first kappa shape index (κ1) is 16.6. The van der Waals surface area contributed by atoms with Crippen molar-refractivity contribution in [3.63, 3.8) is 0 Å². The van der Waals surface area contributed by atoms with Crippen LogP contribution in [-0.4, -0.2) is 69.3 Å². The maximum atomic E-state index is 12.5. The topological polar surface area (TPSA) is 66.3 Å². The van der Waals surface area contributed by atoms with E-state index in [1.54, 1.807) is 7.11 Å². The van der Waals surface area contributed by atoms with E-state index in [1.165, 1.54) is 9.80 Å². The Hall–Kier alpha value is -2.28. The third kappa shape index (κ3) is 3.17. The first-order valence-corrected chi connectivity index (χ1v) is 8.43. The van der Waals surface area contributed by atoms with Gasteiger partial charge in [0.1, 0.15) is 5.75 Å². The average molecular weight is 333 g/mol. The van der Waals surface area contributed by atoms with Gasteiger partial charge in [0.05, 0.1) is 39.0 Å². The fourth-order valence-corrected chi connectivity index (χ4v) is 3.45. The van der Waals surface area contributed by atoms with E-state index in [4.69, 9.17) is 4.74 Å². The Morgan fingerprint density at radius 1 is 1.25 bits per heavy atom. The number of rotatable bonds is 4. The van der Waals surface area contributed by atoms with Crippen molar-refractivity contribution in [2.45, 2.75) is 13.0 Å². The summed E-state index contributed by atoms with van der Waals surface area (Å²) in [5, 5.41) is 2.68. The van der Waals surface area contributed by atoms with Gasteiger partial charge < -0.3 is 19.9 Å². The lowest BCUT2D eigenvalue weighted by Gasteiger charge is -2.37. The van der Waals surface area contributed by atoms with Crippen LogP contribution in [0.15, 0.2) is 24.3 Å². The number of nitrogens with zero attached hydrogens (tertiary/aromatic N) is 2. The first-order valence-electron chi connectivity index (χ1n) is 8.43. The molecule has 7 heteroatoms. The number of imide groups is 1. The van der Waals surface area contributed by atoms with E-state index in [0.29, 0.717) is 13.1 Å². The third-order valence-corrected chi connectivity index (χ3v) is 4.94. The zero-order chi connectivity index (χ0) is 17.1. The molecule has 7 nitrogen and oxygen atoms in total. The molecular formula is C17H25N4O3+. The molecule has 0 bridgehead atoms. The lowest BCUT2D eigenvalue weighted by molar-refractivity contribution is -0.915. The van der Waals surface area contributed by atoms with Crippen molar-refractivity contribution in [3.8, 4) is 5.75 Å². The summed E-state index contributed by atoms with van der Waals surface area (Å²) in [4.78, 5) is 29.0. The molecule has 2 N–H and O–H groups in total. The predicted octanol–water partition coefficient (Wildman–Crippen LogP) is -0.660. The standard InChI is InChI=1S/C17H24N4O3/c1-13(16(22)21-8-7-18-17(21)23)19-9-11-20(12-10-19)14-5-3-4-6-15(14)24-2/h3-6,13H,7-12H2,1-2H3,(H,18,23)/p+1/t13-/m1/s1. The summed E-state index contributed by atoms with van der Waals surface area (Å²) >= 11 is 0. The summed E-state index contributed by atoms with van der Waals surface area (Å²) in [7, 11) is 1.68. The summed E-state index contributed by atoms with van der Waals surface area (Å²) in [5.41, 5.74) is 1.09. The number of piperazine rings is 1. The number of amides is 3. The van der Waals surface area contributed by atoms with Gasteiger partial charge in [-0.25, -0.2) is 4.79 Å². The second-order valence-corrected chi connectivity index (χ2v) is 6.26. The molecule has 0 radical (unpaired) electrons. The van der Waals surface area contributed by atoms with Gasteiger partial charge in [0.25, 0.3) is 5.91 Å². The minimum atomic E-state index is -0.265. The average Bonchev–Trinajstić information content (AvgIpc) is 3.06. The number of hydrogen-bond donors (Lipinski definition) is 2. The van der Waals surface area contributed by atoms with E-state index in [-0.39, 0.29) is 18.0 Å². The SMILES string of the molecule is COc1ccccc1N1CC[NH+]([C@H](C)C(=O)N2CCNC2=O)CC1. The molecule has 1 aromatic rings. The minimum absolute atomic E-state index is 0.0780. The quantitative estimate of drug-likeness (QED) is 0.768. The van der Waals surface area contributed by atoms with Crippen molar-refractivity contribution in [1.29, 1.82) is 0 Å². The van der Waals surface area contributed by atoms with Crippen molar-refractivity contribution in [2.24, 2.45) is 0 Å². The highest BCUT2D eigenvalue weighted by molar-refractivity contribution is 5.97. The van der Waals surface area contributed by atoms with E-state index in [9.17, 15) is 9.59 Å². The Kier molecular flexibility index (Phi) is 4.89. The van der Waals surface area contributed by atoms with Crippen molar-refractivity contribution in [1.82, 2.24) is 10.2 Å². The largest absolute Gasteiger partial charge is 0.495 e. The van der Waals surface area contributed by atoms with Crippen molar-refractivity contribution >= 4 is 17.6 Å². The van der Waals surface area contributed by atoms with Gasteiger partial charge in [-0.1, -0.05) is 12.1 Å². The molecule has 2 saturated heterocycles. The second-order valence-electron chi connectivity index (χ2n) is 6.26. The second kappa shape index (κ2) is 7.09. The van der Waals surface area contributed by atoms with Crippen LogP contribution in [0.1, 0.15) is 6.92 Å². The fraction of sp³-hybridized carbons (Fsp3) is 0.529. The van der Waals surface area contributed by atoms with Crippen LogP contribution in [0.4, 0.5) is 10.5 Å². The van der Waals surface area contributed by atoms with Crippen LogP contribution in [0.5, 0.6) is 5.75 Å². The van der Waals surface area contributed by atoms with Crippen LogP contribution in [0.25, 0.3) is 0 Å². The summed E-state index contributed by atoms with van der Waals surface area (Å²) < 4.78 is 5.44. The number of para-hydroxylation sites is 2. The summed E-state index contributed by atoms with van der Waals surface area (Å²) in [6.45, 7) is 6.39. The Balaban J connectivity index is 1.60. The van der Waals surface area contributed by atoms with E-state index in [2.05, 4.69) is 16.3 Å². The molecule has 0 unspecified atom stereocenters. The van der Waals surface area contributed by atoms with Gasteiger partial charge in [-0.2, -0.15) is 0 Å². The molecule has 2 fully saturated rings. The molecular weight excluding hydrogens is 308 g/mol. The minimum Gasteiger partial charge on any atom is -0.495 e. The van der Waals surface area contributed by atoms with Crippen LogP contribution < -0.4 is 19.9 Å². The number of quaternary nitrogens is 1. The Labute approximate surface area is 142 Å². The molecule has 3 amide bonds. The van der Waals surface area contributed by atoms with E-state index >= 15 is 0 Å². The monoisotopic (exact) mass is 333 g/mol. The highest BCUT2D eigenvalue weighted by Gasteiger charge is 2.36. The number of carbonyl (C=O) groups excluding carboxylic acids is 2. The van der Waals surface area contributed by atoms with Gasteiger partial charge >= 0.3 is 6.03 Å². The number of urea groups is 1. The number of carbonyl (C=O) groups is 2. The zero-order valence-electron chi connectivity index (χ0n) is 14.2.